The minimum atomic E-state index is -0.904. The predicted octanol–water partition coefficient (Wildman–Crippen LogP) is 1.66. The molecule has 2 nitrogen and oxygen atoms in total. The molecule has 0 aliphatic carbocycles. The molecule has 0 radical (unpaired) electrons. The third kappa shape index (κ3) is 2.63. The molecule has 0 aliphatic rings. The van der Waals surface area contributed by atoms with Crippen LogP contribution in [0, 0.1) is 6.92 Å². The molecular formula is C12H18AsNO. The number of benzene rings is 1. The Morgan fingerprint density at radius 1 is 1.27 bits per heavy atom. The van der Waals surface area contributed by atoms with Crippen molar-refractivity contribution in [2.75, 3.05) is 14.1 Å². The second-order valence-corrected chi connectivity index (χ2v) is 8.81. The molecule has 1 aromatic rings. The number of carbonyl (C=O) groups is 1. The maximum absolute atomic E-state index is 11.9. The van der Waals surface area contributed by atoms with Gasteiger partial charge >= 0.3 is 96.4 Å². The number of rotatable bonds is 2. The van der Waals surface area contributed by atoms with Crippen LogP contribution in [0.4, 0.5) is 0 Å². The number of hydrogen-bond acceptors (Lipinski definition) is 1. The molecule has 0 atom stereocenters. The maximum atomic E-state index is 11.9. The van der Waals surface area contributed by atoms with Gasteiger partial charge in [-0.25, -0.2) is 0 Å². The van der Waals surface area contributed by atoms with E-state index in [2.05, 4.69) is 24.4 Å². The van der Waals surface area contributed by atoms with Gasteiger partial charge in [-0.05, 0) is 0 Å². The van der Waals surface area contributed by atoms with Gasteiger partial charge in [0, 0.05) is 0 Å². The normalized spacial score (nSPS) is 10.5. The average Bonchev–Trinajstić information content (AvgIpc) is 2.16. The zero-order chi connectivity index (χ0) is 11.6. The van der Waals surface area contributed by atoms with Crippen molar-refractivity contribution >= 4 is 24.9 Å². The summed E-state index contributed by atoms with van der Waals surface area (Å²) in [6.45, 7) is 2.06. The Labute approximate surface area is 96.5 Å². The Bertz CT molecular complexity index is 372. The van der Waals surface area contributed by atoms with Crippen LogP contribution in [0.2, 0.25) is 11.4 Å². The summed E-state index contributed by atoms with van der Waals surface area (Å²) in [4.78, 5) is 13.5. The molecule has 1 aromatic carbocycles. The van der Waals surface area contributed by atoms with E-state index in [0.717, 1.165) is 5.56 Å². The van der Waals surface area contributed by atoms with Crippen LogP contribution in [0.3, 0.4) is 0 Å². The summed E-state index contributed by atoms with van der Waals surface area (Å²) in [6.07, 6.45) is 0. The molecule has 0 saturated carbocycles. The fourth-order valence-corrected chi connectivity index (χ4v) is 4.05. The van der Waals surface area contributed by atoms with Crippen molar-refractivity contribution in [3.63, 3.8) is 0 Å². The Morgan fingerprint density at radius 2 is 1.87 bits per heavy atom. The first-order valence-electron chi connectivity index (χ1n) is 4.93. The van der Waals surface area contributed by atoms with Crippen molar-refractivity contribution in [2.45, 2.75) is 18.3 Å². The number of nitrogens with zero attached hydrogens (tertiary/aromatic N) is 1. The van der Waals surface area contributed by atoms with Crippen molar-refractivity contribution in [3.8, 4) is 0 Å². The summed E-state index contributed by atoms with van der Waals surface area (Å²) in [7, 11) is 3.59. The van der Waals surface area contributed by atoms with E-state index in [1.54, 1.807) is 19.0 Å². The quantitative estimate of drug-likeness (QED) is 0.746. The van der Waals surface area contributed by atoms with Crippen molar-refractivity contribution in [1.82, 2.24) is 4.90 Å². The number of carbonyl (C=O) groups excluding carboxylic acids is 1. The van der Waals surface area contributed by atoms with E-state index >= 15 is 0 Å². The molecule has 0 fully saturated rings. The van der Waals surface area contributed by atoms with Crippen molar-refractivity contribution in [2.24, 2.45) is 0 Å². The molecule has 0 aromatic heterocycles. The SMILES string of the molecule is Cc1c(C(=O)N(C)C)cccc1[As](C)C. The molecular weight excluding hydrogens is 249 g/mol. The van der Waals surface area contributed by atoms with E-state index in [-0.39, 0.29) is 5.91 Å². The number of amides is 1. The first-order chi connectivity index (χ1) is 6.95. The fourth-order valence-electron chi connectivity index (χ4n) is 1.58. The summed E-state index contributed by atoms with van der Waals surface area (Å²) < 4.78 is 1.40. The third-order valence-corrected chi connectivity index (χ3v) is 5.46. The average molecular weight is 267 g/mol. The van der Waals surface area contributed by atoms with E-state index in [4.69, 9.17) is 0 Å². The molecule has 3 heteroatoms. The van der Waals surface area contributed by atoms with E-state index in [1.807, 2.05) is 12.1 Å². The summed E-state index contributed by atoms with van der Waals surface area (Å²) in [5, 5.41) is 0. The molecule has 0 unspecified atom stereocenters. The van der Waals surface area contributed by atoms with Gasteiger partial charge in [0.05, 0.1) is 0 Å². The Morgan fingerprint density at radius 3 is 2.33 bits per heavy atom. The Balaban J connectivity index is 3.21. The van der Waals surface area contributed by atoms with Crippen LogP contribution in [0.15, 0.2) is 18.2 Å². The molecule has 0 bridgehead atoms. The summed E-state index contributed by atoms with van der Waals surface area (Å²) in [6, 6.07) is 6.06. The molecule has 0 saturated heterocycles. The second-order valence-electron chi connectivity index (χ2n) is 4.04. The van der Waals surface area contributed by atoms with Gasteiger partial charge in [-0.2, -0.15) is 0 Å². The van der Waals surface area contributed by atoms with Crippen LogP contribution < -0.4 is 4.35 Å². The van der Waals surface area contributed by atoms with E-state index < -0.39 is 14.7 Å². The van der Waals surface area contributed by atoms with Crippen LogP contribution in [0.1, 0.15) is 15.9 Å². The first-order valence-corrected chi connectivity index (χ1v) is 9.63. The zero-order valence-electron chi connectivity index (χ0n) is 10.0. The standard InChI is InChI=1S/C12H18AsNO/c1-9-10(12(15)14(4)5)7-6-8-11(9)13(2)3/h6-8H,1-5H3. The molecule has 0 spiro atoms. The topological polar surface area (TPSA) is 20.3 Å². The van der Waals surface area contributed by atoms with Crippen molar-refractivity contribution < 1.29 is 4.79 Å². The van der Waals surface area contributed by atoms with Crippen LogP contribution in [0.25, 0.3) is 0 Å². The van der Waals surface area contributed by atoms with Crippen LogP contribution in [-0.2, 0) is 0 Å². The summed E-state index contributed by atoms with van der Waals surface area (Å²) >= 11 is -0.904. The van der Waals surface area contributed by atoms with E-state index in [0.29, 0.717) is 0 Å². The third-order valence-electron chi connectivity index (χ3n) is 2.42. The Kier molecular flexibility index (Phi) is 3.98. The van der Waals surface area contributed by atoms with Gasteiger partial charge in [0.25, 0.3) is 0 Å². The van der Waals surface area contributed by atoms with Crippen molar-refractivity contribution in [3.05, 3.63) is 29.3 Å². The summed E-state index contributed by atoms with van der Waals surface area (Å²) in [5.41, 5.74) is 6.60. The fraction of sp³-hybridized carbons (Fsp3) is 0.417. The molecule has 0 aliphatic heterocycles. The minimum absolute atomic E-state index is 0.102. The number of hydrogen-bond donors (Lipinski definition) is 0. The van der Waals surface area contributed by atoms with Gasteiger partial charge in [0.2, 0.25) is 0 Å². The van der Waals surface area contributed by atoms with Crippen LogP contribution in [-0.4, -0.2) is 39.6 Å². The second kappa shape index (κ2) is 4.85. The molecule has 82 valence electrons. The Hall–Kier alpha value is -0.752. The van der Waals surface area contributed by atoms with Crippen LogP contribution in [0.5, 0.6) is 0 Å². The van der Waals surface area contributed by atoms with Gasteiger partial charge in [-0.1, -0.05) is 0 Å². The van der Waals surface area contributed by atoms with Gasteiger partial charge < -0.3 is 0 Å². The predicted molar refractivity (Wildman–Crippen MR) is 66.3 cm³/mol. The summed E-state index contributed by atoms with van der Waals surface area (Å²) in [5.74, 6) is 0.102. The molecule has 15 heavy (non-hydrogen) atoms. The first kappa shape index (κ1) is 12.3. The molecule has 0 N–H and O–H groups in total. The van der Waals surface area contributed by atoms with Gasteiger partial charge in [-0.15, -0.1) is 0 Å². The van der Waals surface area contributed by atoms with Crippen LogP contribution >= 0.6 is 0 Å². The van der Waals surface area contributed by atoms with Gasteiger partial charge in [0.1, 0.15) is 0 Å². The monoisotopic (exact) mass is 267 g/mol. The zero-order valence-corrected chi connectivity index (χ0v) is 11.9. The van der Waals surface area contributed by atoms with Gasteiger partial charge in [0.15, 0.2) is 0 Å². The van der Waals surface area contributed by atoms with Gasteiger partial charge in [-0.3, -0.25) is 0 Å². The van der Waals surface area contributed by atoms with Crippen molar-refractivity contribution in [1.29, 1.82) is 0 Å². The molecule has 1 rings (SSSR count). The van der Waals surface area contributed by atoms with E-state index in [1.165, 1.54) is 9.91 Å². The molecule has 0 heterocycles. The molecule has 1 amide bonds. The van der Waals surface area contributed by atoms with E-state index in [9.17, 15) is 4.79 Å².